The Hall–Kier alpha value is -2.54. The highest BCUT2D eigenvalue weighted by Crippen LogP contribution is 2.40. The predicted molar refractivity (Wildman–Crippen MR) is 111 cm³/mol. The summed E-state index contributed by atoms with van der Waals surface area (Å²) in [5.41, 5.74) is 1.93. The van der Waals surface area contributed by atoms with Crippen molar-refractivity contribution in [2.45, 2.75) is 18.6 Å². The third kappa shape index (κ3) is 4.14. The Bertz CT molecular complexity index is 845. The van der Waals surface area contributed by atoms with E-state index in [2.05, 4.69) is 17.4 Å². The van der Waals surface area contributed by atoms with Crippen molar-refractivity contribution < 1.29 is 19.0 Å². The van der Waals surface area contributed by atoms with Crippen molar-refractivity contribution in [1.29, 1.82) is 0 Å². The van der Waals surface area contributed by atoms with Gasteiger partial charge in [-0.15, -0.1) is 0 Å². The number of rotatable bonds is 4. The lowest BCUT2D eigenvalue weighted by atomic mass is 10.1. The molecule has 2 aliphatic heterocycles. The number of amides is 2. The Morgan fingerprint density at radius 1 is 1.21 bits per heavy atom. The summed E-state index contributed by atoms with van der Waals surface area (Å²) in [6.07, 6.45) is 0.894. The Balaban J connectivity index is 1.39. The molecule has 0 aromatic heterocycles. The fourth-order valence-corrected chi connectivity index (χ4v) is 4.62. The molecule has 4 rings (SSSR count). The Morgan fingerprint density at radius 3 is 2.96 bits per heavy atom. The van der Waals surface area contributed by atoms with Crippen LogP contribution in [0.25, 0.3) is 0 Å². The second-order valence-electron chi connectivity index (χ2n) is 6.61. The summed E-state index contributed by atoms with van der Waals surface area (Å²) in [5, 5.41) is 3.33. The molecule has 6 nitrogen and oxygen atoms in total. The third-order valence-electron chi connectivity index (χ3n) is 4.83. The molecule has 0 unspecified atom stereocenters. The number of nitrogens with zero attached hydrogens (tertiary/aromatic N) is 1. The topological polar surface area (TPSA) is 60.0 Å². The van der Waals surface area contributed by atoms with E-state index in [1.165, 1.54) is 5.56 Å². The number of anilines is 1. The molecule has 2 aromatic rings. The molecular formula is C21H24N2O4S. The molecule has 0 radical (unpaired) electrons. The largest absolute Gasteiger partial charge is 0.492 e. The molecule has 148 valence electrons. The smallest absolute Gasteiger partial charge is 0.321 e. The molecule has 1 atom stereocenters. The van der Waals surface area contributed by atoms with Crippen LogP contribution in [0.3, 0.4) is 0 Å². The highest BCUT2D eigenvalue weighted by molar-refractivity contribution is 7.99. The second kappa shape index (κ2) is 8.65. The van der Waals surface area contributed by atoms with Crippen molar-refractivity contribution in [3.05, 3.63) is 48.0 Å². The summed E-state index contributed by atoms with van der Waals surface area (Å²) in [7, 11) is 0. The molecule has 2 heterocycles. The average Bonchev–Trinajstić information content (AvgIpc) is 3.04. The summed E-state index contributed by atoms with van der Waals surface area (Å²) in [6, 6.07) is 13.6. The van der Waals surface area contributed by atoms with Gasteiger partial charge in [-0.25, -0.2) is 4.79 Å². The SMILES string of the molecule is CCOc1ccccc1NC(=O)N1CCS[C@@H](c2ccc3c(c2)OCO3)CC1. The zero-order chi connectivity index (χ0) is 19.3. The Morgan fingerprint density at radius 2 is 2.07 bits per heavy atom. The fraction of sp³-hybridized carbons (Fsp3) is 0.381. The lowest BCUT2D eigenvalue weighted by Gasteiger charge is -2.22. The van der Waals surface area contributed by atoms with Crippen molar-refractivity contribution in [3.8, 4) is 17.2 Å². The van der Waals surface area contributed by atoms with Crippen LogP contribution in [0.1, 0.15) is 24.2 Å². The zero-order valence-corrected chi connectivity index (χ0v) is 16.7. The number of thioether (sulfide) groups is 1. The van der Waals surface area contributed by atoms with Crippen LogP contribution in [0.2, 0.25) is 0 Å². The number of ether oxygens (including phenoxy) is 3. The van der Waals surface area contributed by atoms with Gasteiger partial charge in [-0.3, -0.25) is 0 Å². The molecule has 1 saturated heterocycles. The van der Waals surface area contributed by atoms with Crippen molar-refractivity contribution in [2.24, 2.45) is 0 Å². The summed E-state index contributed by atoms with van der Waals surface area (Å²) < 4.78 is 16.5. The summed E-state index contributed by atoms with van der Waals surface area (Å²) in [6.45, 7) is 4.20. The molecule has 2 aliphatic rings. The molecule has 0 spiro atoms. The van der Waals surface area contributed by atoms with Crippen LogP contribution in [0.5, 0.6) is 17.2 Å². The number of para-hydroxylation sites is 2. The van der Waals surface area contributed by atoms with Crippen LogP contribution in [-0.4, -0.2) is 43.2 Å². The minimum absolute atomic E-state index is 0.0842. The van der Waals surface area contributed by atoms with Crippen molar-refractivity contribution in [2.75, 3.05) is 37.6 Å². The van der Waals surface area contributed by atoms with E-state index < -0.39 is 0 Å². The first-order chi connectivity index (χ1) is 13.7. The maximum Gasteiger partial charge on any atom is 0.321 e. The minimum atomic E-state index is -0.0842. The maximum atomic E-state index is 12.8. The molecule has 2 aromatic carbocycles. The predicted octanol–water partition coefficient (Wildman–Crippen LogP) is 4.53. The van der Waals surface area contributed by atoms with Crippen LogP contribution >= 0.6 is 11.8 Å². The number of hydrogen-bond donors (Lipinski definition) is 1. The lowest BCUT2D eigenvalue weighted by Crippen LogP contribution is -2.36. The molecule has 28 heavy (non-hydrogen) atoms. The van der Waals surface area contributed by atoms with E-state index in [9.17, 15) is 4.79 Å². The first kappa shape index (κ1) is 18.8. The molecular weight excluding hydrogens is 376 g/mol. The first-order valence-electron chi connectivity index (χ1n) is 9.53. The highest BCUT2D eigenvalue weighted by Gasteiger charge is 2.24. The number of carbonyl (C=O) groups excluding carboxylic acids is 1. The number of hydrogen-bond acceptors (Lipinski definition) is 5. The van der Waals surface area contributed by atoms with E-state index >= 15 is 0 Å². The molecule has 7 heteroatoms. The summed E-state index contributed by atoms with van der Waals surface area (Å²) in [5.74, 6) is 3.20. The fourth-order valence-electron chi connectivity index (χ4n) is 3.40. The quantitative estimate of drug-likeness (QED) is 0.817. The minimum Gasteiger partial charge on any atom is -0.492 e. The number of nitrogens with one attached hydrogen (secondary N) is 1. The van der Waals surface area contributed by atoms with Gasteiger partial charge in [-0.05, 0) is 43.2 Å². The van der Waals surface area contributed by atoms with E-state index in [0.29, 0.717) is 36.4 Å². The van der Waals surface area contributed by atoms with Gasteiger partial charge in [0.1, 0.15) is 5.75 Å². The molecule has 0 aliphatic carbocycles. The van der Waals surface area contributed by atoms with E-state index in [1.807, 2.05) is 53.9 Å². The van der Waals surface area contributed by atoms with Crippen molar-refractivity contribution >= 4 is 23.5 Å². The van der Waals surface area contributed by atoms with Crippen LogP contribution in [0, 0.1) is 0 Å². The number of benzene rings is 2. The maximum absolute atomic E-state index is 12.8. The molecule has 2 amide bonds. The molecule has 1 N–H and O–H groups in total. The van der Waals surface area contributed by atoms with Gasteiger partial charge in [0.05, 0.1) is 12.3 Å². The van der Waals surface area contributed by atoms with Gasteiger partial charge < -0.3 is 24.4 Å². The van der Waals surface area contributed by atoms with Crippen LogP contribution in [-0.2, 0) is 0 Å². The molecule has 1 fully saturated rings. The van der Waals surface area contributed by atoms with Crippen LogP contribution in [0.4, 0.5) is 10.5 Å². The van der Waals surface area contributed by atoms with Crippen LogP contribution in [0.15, 0.2) is 42.5 Å². The summed E-state index contributed by atoms with van der Waals surface area (Å²) >= 11 is 1.88. The number of carbonyl (C=O) groups is 1. The Labute approximate surface area is 169 Å². The third-order valence-corrected chi connectivity index (χ3v) is 6.15. The number of fused-ring (bicyclic) bond motifs is 1. The van der Waals surface area contributed by atoms with Crippen molar-refractivity contribution in [3.63, 3.8) is 0 Å². The standard InChI is InChI=1S/C21H24N2O4S/c1-2-25-17-6-4-3-5-16(17)22-21(24)23-10-9-20(28-12-11-23)15-7-8-18-19(13-15)27-14-26-18/h3-8,13,20H,2,9-12,14H2,1H3,(H,22,24)/t20-/m1/s1. The summed E-state index contributed by atoms with van der Waals surface area (Å²) in [4.78, 5) is 14.7. The van der Waals surface area contributed by atoms with Gasteiger partial charge >= 0.3 is 6.03 Å². The lowest BCUT2D eigenvalue weighted by molar-refractivity contribution is 0.174. The van der Waals surface area contributed by atoms with E-state index in [1.54, 1.807) is 0 Å². The monoisotopic (exact) mass is 400 g/mol. The first-order valence-corrected chi connectivity index (χ1v) is 10.6. The number of urea groups is 1. The average molecular weight is 401 g/mol. The van der Waals surface area contributed by atoms with Gasteiger partial charge in [0, 0.05) is 24.1 Å². The van der Waals surface area contributed by atoms with Crippen molar-refractivity contribution in [1.82, 2.24) is 4.90 Å². The normalized spacial score (nSPS) is 18.5. The van der Waals surface area contributed by atoms with E-state index in [0.717, 1.165) is 23.7 Å². The molecule has 0 saturated carbocycles. The van der Waals surface area contributed by atoms with E-state index in [-0.39, 0.29) is 12.8 Å². The van der Waals surface area contributed by atoms with Gasteiger partial charge in [-0.2, -0.15) is 11.8 Å². The van der Waals surface area contributed by atoms with Crippen LogP contribution < -0.4 is 19.5 Å². The second-order valence-corrected chi connectivity index (χ2v) is 7.92. The zero-order valence-electron chi connectivity index (χ0n) is 15.8. The van der Waals surface area contributed by atoms with Gasteiger partial charge in [-0.1, -0.05) is 18.2 Å². The Kier molecular flexibility index (Phi) is 5.81. The van der Waals surface area contributed by atoms with Gasteiger partial charge in [0.2, 0.25) is 6.79 Å². The van der Waals surface area contributed by atoms with E-state index in [4.69, 9.17) is 14.2 Å². The molecule has 0 bridgehead atoms. The van der Waals surface area contributed by atoms with Gasteiger partial charge in [0.15, 0.2) is 11.5 Å². The highest BCUT2D eigenvalue weighted by atomic mass is 32.2. The van der Waals surface area contributed by atoms with Gasteiger partial charge in [0.25, 0.3) is 0 Å².